The van der Waals surface area contributed by atoms with Gasteiger partial charge in [0.2, 0.25) is 0 Å². The van der Waals surface area contributed by atoms with E-state index in [1.54, 1.807) is 48.5 Å². The summed E-state index contributed by atoms with van der Waals surface area (Å²) in [5, 5.41) is 12.9. The van der Waals surface area contributed by atoms with Crippen molar-refractivity contribution in [1.29, 1.82) is 5.26 Å². The number of para-hydroxylation sites is 1. The Balaban J connectivity index is 2.24. The Hall–Kier alpha value is -4.23. The highest BCUT2D eigenvalue weighted by Gasteiger charge is 2.15. The van der Waals surface area contributed by atoms with Crippen molar-refractivity contribution in [3.63, 3.8) is 0 Å². The van der Waals surface area contributed by atoms with Crippen LogP contribution in [0.15, 0.2) is 57.4 Å². The molecule has 0 bridgehead atoms. The zero-order chi connectivity index (χ0) is 20.1. The Labute approximate surface area is 160 Å². The lowest BCUT2D eigenvalue weighted by atomic mass is 10.1. The molecule has 0 amide bonds. The van der Waals surface area contributed by atoms with E-state index in [4.69, 9.17) is 25.7 Å². The molecule has 0 spiro atoms. The fourth-order valence-corrected chi connectivity index (χ4v) is 2.71. The minimum Gasteiger partial charge on any atom is -0.493 e. The topological polar surface area (TPSA) is 88.8 Å². The van der Waals surface area contributed by atoms with Crippen molar-refractivity contribution in [2.24, 2.45) is 0 Å². The zero-order valence-corrected chi connectivity index (χ0v) is 15.1. The van der Waals surface area contributed by atoms with Gasteiger partial charge in [0.05, 0.1) is 38.1 Å². The molecule has 0 saturated carbocycles. The van der Waals surface area contributed by atoms with Gasteiger partial charge in [-0.2, -0.15) is 0 Å². The maximum atomic E-state index is 12.5. The SMILES string of the molecule is [C-]#[N+]C(C#N)=Cc1c(Nc2ccc(OC)c(OC)c2)c2ccccc2oc1=O. The number of anilines is 2. The molecule has 7 nitrogen and oxygen atoms in total. The number of nitrogens with zero attached hydrogens (tertiary/aromatic N) is 2. The molecule has 3 rings (SSSR count). The molecular weight excluding hydrogens is 358 g/mol. The Morgan fingerprint density at radius 2 is 1.96 bits per heavy atom. The van der Waals surface area contributed by atoms with Gasteiger partial charge in [-0.1, -0.05) is 12.1 Å². The van der Waals surface area contributed by atoms with Crippen LogP contribution in [-0.4, -0.2) is 14.2 Å². The highest BCUT2D eigenvalue weighted by Crippen LogP contribution is 2.34. The van der Waals surface area contributed by atoms with E-state index in [1.807, 2.05) is 0 Å². The van der Waals surface area contributed by atoms with E-state index in [1.165, 1.54) is 20.3 Å². The minimum absolute atomic E-state index is 0.0843. The lowest BCUT2D eigenvalue weighted by molar-refractivity contribution is 0.355. The van der Waals surface area contributed by atoms with E-state index < -0.39 is 5.63 Å². The first-order valence-corrected chi connectivity index (χ1v) is 8.15. The van der Waals surface area contributed by atoms with Gasteiger partial charge in [-0.25, -0.2) is 14.9 Å². The first-order chi connectivity index (χ1) is 13.6. The van der Waals surface area contributed by atoms with Gasteiger partial charge in [-0.3, -0.25) is 0 Å². The predicted molar refractivity (Wildman–Crippen MR) is 106 cm³/mol. The van der Waals surface area contributed by atoms with Crippen molar-refractivity contribution >= 4 is 28.4 Å². The summed E-state index contributed by atoms with van der Waals surface area (Å²) in [6, 6.07) is 14.0. The molecule has 0 fully saturated rings. The number of ether oxygens (including phenoxy) is 2. The van der Waals surface area contributed by atoms with Gasteiger partial charge in [0.25, 0.3) is 5.70 Å². The number of nitriles is 1. The summed E-state index contributed by atoms with van der Waals surface area (Å²) >= 11 is 0. The minimum atomic E-state index is -0.655. The maximum Gasteiger partial charge on any atom is 0.344 e. The number of fused-ring (bicyclic) bond motifs is 1. The highest BCUT2D eigenvalue weighted by atomic mass is 16.5. The van der Waals surface area contributed by atoms with Gasteiger partial charge in [0.15, 0.2) is 11.5 Å². The number of hydrogen-bond donors (Lipinski definition) is 1. The number of rotatable bonds is 5. The summed E-state index contributed by atoms with van der Waals surface area (Å²) in [4.78, 5) is 15.7. The van der Waals surface area contributed by atoms with Gasteiger partial charge in [0.1, 0.15) is 5.58 Å². The van der Waals surface area contributed by atoms with Gasteiger partial charge >= 0.3 is 5.63 Å². The summed E-state index contributed by atoms with van der Waals surface area (Å²) in [7, 11) is 3.06. The number of nitrogens with one attached hydrogen (secondary N) is 1. The molecule has 0 unspecified atom stereocenters. The molecule has 138 valence electrons. The van der Waals surface area contributed by atoms with Crippen LogP contribution in [0.5, 0.6) is 11.5 Å². The van der Waals surface area contributed by atoms with Gasteiger partial charge < -0.3 is 19.2 Å². The van der Waals surface area contributed by atoms with Crippen LogP contribution in [0.2, 0.25) is 0 Å². The third kappa shape index (κ3) is 3.50. The fourth-order valence-electron chi connectivity index (χ4n) is 2.71. The number of methoxy groups -OCH3 is 2. The Morgan fingerprint density at radius 3 is 2.64 bits per heavy atom. The van der Waals surface area contributed by atoms with Gasteiger partial charge in [0, 0.05) is 17.1 Å². The van der Waals surface area contributed by atoms with E-state index in [0.717, 1.165) is 0 Å². The maximum absolute atomic E-state index is 12.5. The molecule has 0 atom stereocenters. The van der Waals surface area contributed by atoms with Crippen molar-refractivity contribution in [2.45, 2.75) is 0 Å². The molecule has 1 N–H and O–H groups in total. The van der Waals surface area contributed by atoms with Crippen molar-refractivity contribution in [3.8, 4) is 17.6 Å². The molecule has 28 heavy (non-hydrogen) atoms. The normalized spacial score (nSPS) is 10.8. The summed E-state index contributed by atoms with van der Waals surface area (Å²) in [6.07, 6.45) is 1.22. The summed E-state index contributed by atoms with van der Waals surface area (Å²) < 4.78 is 15.9. The number of hydrogen-bond acceptors (Lipinski definition) is 6. The lowest BCUT2D eigenvalue weighted by Gasteiger charge is -2.14. The van der Waals surface area contributed by atoms with Crippen LogP contribution < -0.4 is 20.4 Å². The first-order valence-electron chi connectivity index (χ1n) is 8.15. The predicted octanol–water partition coefficient (Wildman–Crippen LogP) is 4.34. The fraction of sp³-hybridized carbons (Fsp3) is 0.0952. The van der Waals surface area contributed by atoms with Crippen LogP contribution in [0.1, 0.15) is 5.56 Å². The first kappa shape index (κ1) is 18.6. The Morgan fingerprint density at radius 1 is 1.21 bits per heavy atom. The molecule has 0 aliphatic carbocycles. The number of allylic oxidation sites excluding steroid dienone is 1. The molecule has 2 aromatic carbocycles. The third-order valence-electron chi connectivity index (χ3n) is 4.02. The van der Waals surface area contributed by atoms with Gasteiger partial charge in [-0.15, -0.1) is 0 Å². The van der Waals surface area contributed by atoms with Crippen molar-refractivity contribution in [2.75, 3.05) is 19.5 Å². The lowest BCUT2D eigenvalue weighted by Crippen LogP contribution is -2.08. The van der Waals surface area contributed by atoms with Crippen molar-refractivity contribution in [3.05, 3.63) is 75.6 Å². The molecule has 1 heterocycles. The standard InChI is InChI=1S/C21H15N3O4/c1-23-14(12-22)10-16-20(15-6-4-5-7-17(15)28-21(16)25)24-13-8-9-18(26-2)19(11-13)27-3/h4-11,24H,2-3H3. The van der Waals surface area contributed by atoms with E-state index in [2.05, 4.69) is 10.2 Å². The average Bonchev–Trinajstić information content (AvgIpc) is 2.73. The molecule has 0 aliphatic heterocycles. The van der Waals surface area contributed by atoms with Gasteiger partial charge in [-0.05, 0) is 30.3 Å². The second-order valence-electron chi connectivity index (χ2n) is 5.62. The van der Waals surface area contributed by atoms with E-state index in [0.29, 0.717) is 33.8 Å². The highest BCUT2D eigenvalue weighted by molar-refractivity contribution is 5.96. The molecular formula is C21H15N3O4. The van der Waals surface area contributed by atoms with Crippen LogP contribution in [0, 0.1) is 17.9 Å². The average molecular weight is 373 g/mol. The van der Waals surface area contributed by atoms with Crippen LogP contribution >= 0.6 is 0 Å². The van der Waals surface area contributed by atoms with Crippen LogP contribution in [-0.2, 0) is 0 Å². The number of benzene rings is 2. The molecule has 0 radical (unpaired) electrons. The van der Waals surface area contributed by atoms with E-state index in [-0.39, 0.29) is 11.3 Å². The van der Waals surface area contributed by atoms with Crippen molar-refractivity contribution < 1.29 is 13.9 Å². The van der Waals surface area contributed by atoms with Crippen LogP contribution in [0.3, 0.4) is 0 Å². The largest absolute Gasteiger partial charge is 0.493 e. The Bertz CT molecular complexity index is 1200. The zero-order valence-electron chi connectivity index (χ0n) is 15.1. The molecule has 0 aliphatic rings. The van der Waals surface area contributed by atoms with Crippen molar-refractivity contribution in [1.82, 2.24) is 0 Å². The molecule has 7 heteroatoms. The second kappa shape index (κ2) is 7.98. The molecule has 1 aromatic heterocycles. The third-order valence-corrected chi connectivity index (χ3v) is 4.02. The summed E-state index contributed by atoms with van der Waals surface area (Å²) in [5.74, 6) is 1.07. The smallest absolute Gasteiger partial charge is 0.344 e. The summed E-state index contributed by atoms with van der Waals surface area (Å²) in [5.41, 5.74) is 0.644. The van der Waals surface area contributed by atoms with Crippen LogP contribution in [0.25, 0.3) is 21.9 Å². The van der Waals surface area contributed by atoms with E-state index in [9.17, 15) is 4.79 Å². The second-order valence-corrected chi connectivity index (χ2v) is 5.62. The molecule has 3 aromatic rings. The van der Waals surface area contributed by atoms with Crippen LogP contribution in [0.4, 0.5) is 11.4 Å². The molecule has 0 saturated heterocycles. The summed E-state index contributed by atoms with van der Waals surface area (Å²) in [6.45, 7) is 7.08. The quantitative estimate of drug-likeness (QED) is 0.407. The Kier molecular flexibility index (Phi) is 5.29. The van der Waals surface area contributed by atoms with E-state index >= 15 is 0 Å². The monoisotopic (exact) mass is 373 g/mol.